The second kappa shape index (κ2) is 9.64. The minimum Gasteiger partial charge on any atom is -0.383 e. The third-order valence-electron chi connectivity index (χ3n) is 6.20. The van der Waals surface area contributed by atoms with E-state index in [4.69, 9.17) is 4.74 Å². The van der Waals surface area contributed by atoms with Gasteiger partial charge in [-0.2, -0.15) is 0 Å². The molecule has 0 unspecified atom stereocenters. The van der Waals surface area contributed by atoms with Gasteiger partial charge in [0.2, 0.25) is 0 Å². The average Bonchev–Trinajstić information content (AvgIpc) is 3.39. The Labute approximate surface area is 196 Å². The van der Waals surface area contributed by atoms with Crippen LogP contribution in [0.2, 0.25) is 0 Å². The SMILES string of the molecule is CCn1cnc2c1c(=O)n(CC(=O)c1cc(C)n(CCOC)c1C)c(=O)n2Cc1ccccc1. The molecular formula is C25H29N5O4. The Morgan fingerprint density at radius 1 is 1.06 bits per heavy atom. The van der Waals surface area contributed by atoms with Gasteiger partial charge in [0, 0.05) is 37.2 Å². The summed E-state index contributed by atoms with van der Waals surface area (Å²) in [4.78, 5) is 44.5. The lowest BCUT2D eigenvalue weighted by Crippen LogP contribution is -2.42. The number of hydrogen-bond donors (Lipinski definition) is 0. The standard InChI is InChI=1S/C25H29N5O4/c1-5-27-16-26-23-22(27)24(32)30(25(33)29(23)14-19-9-7-6-8-10-19)15-21(31)20-13-17(2)28(18(20)3)11-12-34-4/h6-10,13,16H,5,11-12,14-15H2,1-4H3. The van der Waals surface area contributed by atoms with Crippen LogP contribution in [0.15, 0.2) is 52.3 Å². The van der Waals surface area contributed by atoms with Gasteiger partial charge in [0.05, 0.1) is 26.0 Å². The molecule has 4 rings (SSSR count). The van der Waals surface area contributed by atoms with Crippen LogP contribution in [-0.4, -0.2) is 42.8 Å². The Morgan fingerprint density at radius 3 is 2.47 bits per heavy atom. The number of ether oxygens (including phenoxy) is 1. The predicted molar refractivity (Wildman–Crippen MR) is 130 cm³/mol. The van der Waals surface area contributed by atoms with Crippen molar-refractivity contribution >= 4 is 16.9 Å². The first-order valence-electron chi connectivity index (χ1n) is 11.3. The van der Waals surface area contributed by atoms with Crippen molar-refractivity contribution in [2.24, 2.45) is 0 Å². The van der Waals surface area contributed by atoms with E-state index in [0.29, 0.717) is 36.4 Å². The molecule has 0 saturated carbocycles. The Morgan fingerprint density at radius 2 is 1.79 bits per heavy atom. The number of benzene rings is 1. The summed E-state index contributed by atoms with van der Waals surface area (Å²) >= 11 is 0. The monoisotopic (exact) mass is 463 g/mol. The Balaban J connectivity index is 1.81. The predicted octanol–water partition coefficient (Wildman–Crippen LogP) is 2.38. The molecule has 34 heavy (non-hydrogen) atoms. The third kappa shape index (κ3) is 4.14. The molecular weight excluding hydrogens is 434 g/mol. The van der Waals surface area contributed by atoms with Gasteiger partial charge in [-0.1, -0.05) is 30.3 Å². The molecule has 0 aliphatic heterocycles. The fraction of sp³-hybridized carbons (Fsp3) is 0.360. The average molecular weight is 464 g/mol. The Bertz CT molecular complexity index is 1460. The van der Waals surface area contributed by atoms with E-state index in [0.717, 1.165) is 21.5 Å². The molecule has 0 atom stereocenters. The highest BCUT2D eigenvalue weighted by atomic mass is 16.5. The fourth-order valence-electron chi connectivity index (χ4n) is 4.37. The van der Waals surface area contributed by atoms with Gasteiger partial charge in [-0.25, -0.2) is 9.78 Å². The van der Waals surface area contributed by atoms with Gasteiger partial charge in [-0.3, -0.25) is 18.7 Å². The van der Waals surface area contributed by atoms with Gasteiger partial charge in [0.25, 0.3) is 5.56 Å². The van der Waals surface area contributed by atoms with Crippen molar-refractivity contribution in [2.45, 2.75) is 47.0 Å². The lowest BCUT2D eigenvalue weighted by atomic mass is 10.1. The highest BCUT2D eigenvalue weighted by molar-refractivity contribution is 5.97. The molecule has 0 bridgehead atoms. The van der Waals surface area contributed by atoms with E-state index in [9.17, 15) is 14.4 Å². The summed E-state index contributed by atoms with van der Waals surface area (Å²) in [6.07, 6.45) is 1.56. The lowest BCUT2D eigenvalue weighted by Gasteiger charge is -2.12. The molecule has 0 radical (unpaired) electrons. The zero-order chi connectivity index (χ0) is 24.4. The van der Waals surface area contributed by atoms with Crippen molar-refractivity contribution < 1.29 is 9.53 Å². The second-order valence-corrected chi connectivity index (χ2v) is 8.30. The number of aryl methyl sites for hydroxylation is 2. The molecule has 9 nitrogen and oxygen atoms in total. The number of carbonyl (C=O) groups is 1. The molecule has 0 spiro atoms. The zero-order valence-electron chi connectivity index (χ0n) is 19.9. The number of rotatable bonds is 9. The molecule has 0 aliphatic rings. The lowest BCUT2D eigenvalue weighted by molar-refractivity contribution is 0.0968. The van der Waals surface area contributed by atoms with Gasteiger partial charge in [-0.05, 0) is 32.4 Å². The normalized spacial score (nSPS) is 11.4. The number of aromatic nitrogens is 5. The summed E-state index contributed by atoms with van der Waals surface area (Å²) in [7, 11) is 1.63. The number of hydrogen-bond acceptors (Lipinski definition) is 5. The summed E-state index contributed by atoms with van der Waals surface area (Å²) in [6, 6.07) is 11.3. The van der Waals surface area contributed by atoms with Crippen LogP contribution in [0.1, 0.15) is 34.2 Å². The molecule has 1 aromatic carbocycles. The molecule has 3 aromatic heterocycles. The number of methoxy groups -OCH3 is 1. The largest absolute Gasteiger partial charge is 0.383 e. The third-order valence-corrected chi connectivity index (χ3v) is 6.20. The fourth-order valence-corrected chi connectivity index (χ4v) is 4.37. The molecule has 0 amide bonds. The molecule has 0 saturated heterocycles. The van der Waals surface area contributed by atoms with Crippen molar-refractivity contribution in [1.29, 1.82) is 0 Å². The Hall–Kier alpha value is -3.72. The summed E-state index contributed by atoms with van der Waals surface area (Å²) in [6.45, 7) is 7.24. The van der Waals surface area contributed by atoms with E-state index in [1.807, 2.05) is 55.7 Å². The summed E-state index contributed by atoms with van der Waals surface area (Å²) in [5.74, 6) is -0.288. The summed E-state index contributed by atoms with van der Waals surface area (Å²) in [5.41, 5.74) is 2.69. The van der Waals surface area contributed by atoms with Gasteiger partial charge in [0.1, 0.15) is 0 Å². The van der Waals surface area contributed by atoms with Crippen molar-refractivity contribution in [2.75, 3.05) is 13.7 Å². The molecule has 0 aliphatic carbocycles. The van der Waals surface area contributed by atoms with E-state index in [1.165, 1.54) is 4.57 Å². The second-order valence-electron chi connectivity index (χ2n) is 8.30. The first kappa shape index (κ1) is 23.4. The first-order valence-corrected chi connectivity index (χ1v) is 11.3. The Kier molecular flexibility index (Phi) is 6.65. The molecule has 9 heteroatoms. The van der Waals surface area contributed by atoms with Crippen LogP contribution < -0.4 is 11.2 Å². The number of imidazole rings is 1. The highest BCUT2D eigenvalue weighted by Gasteiger charge is 2.22. The number of ketones is 1. The van der Waals surface area contributed by atoms with E-state index in [-0.39, 0.29) is 18.9 Å². The first-order chi connectivity index (χ1) is 16.4. The topological polar surface area (TPSA) is 93.1 Å². The van der Waals surface area contributed by atoms with Crippen LogP contribution in [0.3, 0.4) is 0 Å². The van der Waals surface area contributed by atoms with E-state index in [1.54, 1.807) is 24.1 Å². The van der Waals surface area contributed by atoms with Crippen LogP contribution in [0.4, 0.5) is 0 Å². The van der Waals surface area contributed by atoms with Gasteiger partial charge in [0.15, 0.2) is 16.9 Å². The van der Waals surface area contributed by atoms with Crippen LogP contribution in [0.5, 0.6) is 0 Å². The minimum atomic E-state index is -0.552. The van der Waals surface area contributed by atoms with Gasteiger partial charge in [-0.15, -0.1) is 0 Å². The smallest absolute Gasteiger partial charge is 0.333 e. The van der Waals surface area contributed by atoms with E-state index < -0.39 is 11.2 Å². The molecule has 4 aromatic rings. The molecule has 178 valence electrons. The maximum atomic E-state index is 13.5. The summed E-state index contributed by atoms with van der Waals surface area (Å²) < 4.78 is 11.4. The quantitative estimate of drug-likeness (QED) is 0.355. The van der Waals surface area contributed by atoms with E-state index >= 15 is 0 Å². The number of Topliss-reactive ketones (excluding diaryl/α,β-unsaturated/α-hetero) is 1. The van der Waals surface area contributed by atoms with Crippen LogP contribution >= 0.6 is 0 Å². The van der Waals surface area contributed by atoms with Crippen molar-refractivity contribution in [3.63, 3.8) is 0 Å². The van der Waals surface area contributed by atoms with Crippen LogP contribution in [0.25, 0.3) is 11.2 Å². The molecule has 3 heterocycles. The number of fused-ring (bicyclic) bond motifs is 1. The summed E-state index contributed by atoms with van der Waals surface area (Å²) in [5, 5.41) is 0. The van der Waals surface area contributed by atoms with E-state index in [2.05, 4.69) is 4.98 Å². The van der Waals surface area contributed by atoms with Crippen LogP contribution in [-0.2, 0) is 30.9 Å². The molecule has 0 fully saturated rings. The minimum absolute atomic E-state index is 0.247. The highest BCUT2D eigenvalue weighted by Crippen LogP contribution is 2.17. The van der Waals surface area contributed by atoms with Gasteiger partial charge < -0.3 is 13.9 Å². The van der Waals surface area contributed by atoms with Gasteiger partial charge >= 0.3 is 5.69 Å². The number of carbonyl (C=O) groups excluding carboxylic acids is 1. The number of nitrogens with zero attached hydrogens (tertiary/aromatic N) is 5. The van der Waals surface area contributed by atoms with Crippen molar-refractivity contribution in [3.8, 4) is 0 Å². The maximum Gasteiger partial charge on any atom is 0.333 e. The van der Waals surface area contributed by atoms with Crippen LogP contribution in [0, 0.1) is 13.8 Å². The molecule has 0 N–H and O–H groups in total. The maximum absolute atomic E-state index is 13.5. The zero-order valence-corrected chi connectivity index (χ0v) is 19.9. The van der Waals surface area contributed by atoms with Crippen molar-refractivity contribution in [1.82, 2.24) is 23.3 Å². The van der Waals surface area contributed by atoms with Crippen molar-refractivity contribution in [3.05, 3.63) is 86.1 Å².